The standard InChI is InChI=1S/C27H34N2O5/c1-29(18-10-8-16-26(31)32)25(30)15-3-2-9-17-28-27(33)34-19-24-22-13-6-4-11-20(22)21-12-5-7-14-23(21)24/h4-7,11-14,24H,2-3,8-10,15-19H2,1H3,(H,28,33)(H,31,32). The summed E-state index contributed by atoms with van der Waals surface area (Å²) in [6.07, 6.45) is 3.82. The number of nitrogens with one attached hydrogen (secondary N) is 1. The van der Waals surface area contributed by atoms with Gasteiger partial charge < -0.3 is 20.1 Å². The van der Waals surface area contributed by atoms with E-state index in [9.17, 15) is 14.4 Å². The number of amides is 2. The summed E-state index contributed by atoms with van der Waals surface area (Å²) >= 11 is 0. The first-order chi connectivity index (χ1) is 16.5. The molecule has 0 heterocycles. The molecule has 182 valence electrons. The van der Waals surface area contributed by atoms with Crippen molar-refractivity contribution in [3.8, 4) is 11.1 Å². The molecule has 7 heteroatoms. The molecule has 0 unspecified atom stereocenters. The number of carbonyl (C=O) groups is 3. The highest BCUT2D eigenvalue weighted by Gasteiger charge is 2.28. The van der Waals surface area contributed by atoms with Crippen LogP contribution in [-0.2, 0) is 14.3 Å². The van der Waals surface area contributed by atoms with E-state index < -0.39 is 12.1 Å². The third-order valence-corrected chi connectivity index (χ3v) is 6.24. The Morgan fingerprint density at radius 3 is 2.15 bits per heavy atom. The second-order valence-corrected chi connectivity index (χ2v) is 8.73. The Hall–Kier alpha value is -3.35. The van der Waals surface area contributed by atoms with E-state index in [1.807, 2.05) is 24.3 Å². The van der Waals surface area contributed by atoms with Gasteiger partial charge in [0, 0.05) is 38.9 Å². The van der Waals surface area contributed by atoms with Crippen LogP contribution < -0.4 is 5.32 Å². The topological polar surface area (TPSA) is 95.9 Å². The fraction of sp³-hybridized carbons (Fsp3) is 0.444. The molecule has 1 aliphatic rings. The smallest absolute Gasteiger partial charge is 0.407 e. The molecule has 34 heavy (non-hydrogen) atoms. The third kappa shape index (κ3) is 7.07. The van der Waals surface area contributed by atoms with Gasteiger partial charge in [-0.25, -0.2) is 4.79 Å². The molecule has 0 aliphatic heterocycles. The Kier molecular flexibility index (Phi) is 9.50. The van der Waals surface area contributed by atoms with Crippen LogP contribution in [0.1, 0.15) is 62.0 Å². The molecule has 0 radical (unpaired) electrons. The summed E-state index contributed by atoms with van der Waals surface area (Å²) in [6.45, 7) is 1.39. The van der Waals surface area contributed by atoms with Crippen LogP contribution in [0.25, 0.3) is 11.1 Å². The number of unbranched alkanes of at least 4 members (excludes halogenated alkanes) is 3. The third-order valence-electron chi connectivity index (χ3n) is 6.24. The van der Waals surface area contributed by atoms with Crippen molar-refractivity contribution in [1.82, 2.24) is 10.2 Å². The molecule has 2 amide bonds. The molecule has 0 fully saturated rings. The summed E-state index contributed by atoms with van der Waals surface area (Å²) in [6, 6.07) is 16.5. The number of benzene rings is 2. The molecule has 2 aromatic rings. The van der Waals surface area contributed by atoms with Crippen molar-refractivity contribution in [2.45, 2.75) is 50.9 Å². The van der Waals surface area contributed by atoms with Crippen molar-refractivity contribution in [1.29, 1.82) is 0 Å². The van der Waals surface area contributed by atoms with E-state index in [-0.39, 0.29) is 18.2 Å². The summed E-state index contributed by atoms with van der Waals surface area (Å²) in [4.78, 5) is 36.5. The number of aliphatic carboxylic acids is 1. The van der Waals surface area contributed by atoms with E-state index in [2.05, 4.69) is 29.6 Å². The van der Waals surface area contributed by atoms with Gasteiger partial charge in [0.15, 0.2) is 0 Å². The maximum absolute atomic E-state index is 12.2. The van der Waals surface area contributed by atoms with E-state index >= 15 is 0 Å². The van der Waals surface area contributed by atoms with Crippen LogP contribution in [-0.4, -0.2) is 54.7 Å². The largest absolute Gasteiger partial charge is 0.481 e. The number of carbonyl (C=O) groups excluding carboxylic acids is 2. The van der Waals surface area contributed by atoms with Gasteiger partial charge in [0.05, 0.1) is 0 Å². The molecule has 3 rings (SSSR count). The highest BCUT2D eigenvalue weighted by Crippen LogP contribution is 2.44. The van der Waals surface area contributed by atoms with Gasteiger partial charge >= 0.3 is 12.1 Å². The molecule has 7 nitrogen and oxygen atoms in total. The Balaban J connectivity index is 1.29. The first-order valence-corrected chi connectivity index (χ1v) is 12.0. The molecule has 1 aliphatic carbocycles. The van der Waals surface area contributed by atoms with Gasteiger partial charge in [0.1, 0.15) is 6.61 Å². The zero-order valence-corrected chi connectivity index (χ0v) is 19.8. The van der Waals surface area contributed by atoms with Gasteiger partial charge in [-0.2, -0.15) is 0 Å². The van der Waals surface area contributed by atoms with Crippen molar-refractivity contribution in [3.05, 3.63) is 59.7 Å². The first-order valence-electron chi connectivity index (χ1n) is 12.0. The van der Waals surface area contributed by atoms with Gasteiger partial charge in [0.2, 0.25) is 5.91 Å². The van der Waals surface area contributed by atoms with Crippen LogP contribution in [0.3, 0.4) is 0 Å². The van der Waals surface area contributed by atoms with Gasteiger partial charge in [-0.1, -0.05) is 55.0 Å². The lowest BCUT2D eigenvalue weighted by molar-refractivity contribution is -0.137. The molecular formula is C27H34N2O5. The van der Waals surface area contributed by atoms with E-state index in [4.69, 9.17) is 9.84 Å². The fourth-order valence-corrected chi connectivity index (χ4v) is 4.36. The summed E-state index contributed by atoms with van der Waals surface area (Å²) in [5.41, 5.74) is 4.78. The zero-order chi connectivity index (χ0) is 24.3. The predicted octanol–water partition coefficient (Wildman–Crippen LogP) is 4.80. The van der Waals surface area contributed by atoms with Crippen LogP contribution in [0.5, 0.6) is 0 Å². The fourth-order valence-electron chi connectivity index (χ4n) is 4.36. The molecule has 0 saturated heterocycles. The van der Waals surface area contributed by atoms with Gasteiger partial charge in [0.25, 0.3) is 0 Å². The molecule has 0 atom stereocenters. The number of alkyl carbamates (subject to hydrolysis) is 1. The highest BCUT2D eigenvalue weighted by molar-refractivity contribution is 5.79. The normalized spacial score (nSPS) is 12.0. The van der Waals surface area contributed by atoms with Gasteiger partial charge in [-0.15, -0.1) is 0 Å². The van der Waals surface area contributed by atoms with E-state index in [0.717, 1.165) is 19.3 Å². The minimum absolute atomic E-state index is 0.0466. The minimum atomic E-state index is -0.805. The SMILES string of the molecule is CN(CCCCC(=O)O)C(=O)CCCCCNC(=O)OCC1c2ccccc2-c2ccccc21. The van der Waals surface area contributed by atoms with Crippen LogP contribution in [0.4, 0.5) is 4.79 Å². The number of carboxylic acid groups (broad SMARTS) is 1. The van der Waals surface area contributed by atoms with Crippen molar-refractivity contribution in [2.24, 2.45) is 0 Å². The van der Waals surface area contributed by atoms with Crippen molar-refractivity contribution >= 4 is 18.0 Å². The number of hydrogen-bond acceptors (Lipinski definition) is 4. The predicted molar refractivity (Wildman–Crippen MR) is 131 cm³/mol. The number of nitrogens with zero attached hydrogens (tertiary/aromatic N) is 1. The molecule has 0 saturated carbocycles. The Labute approximate surface area is 201 Å². The average molecular weight is 467 g/mol. The van der Waals surface area contributed by atoms with E-state index in [0.29, 0.717) is 39.0 Å². The molecule has 0 bridgehead atoms. The summed E-state index contributed by atoms with van der Waals surface area (Å²) < 4.78 is 5.53. The summed E-state index contributed by atoms with van der Waals surface area (Å²) in [5.74, 6) is -0.689. The monoisotopic (exact) mass is 466 g/mol. The van der Waals surface area contributed by atoms with Crippen LogP contribution >= 0.6 is 0 Å². The number of carboxylic acids is 1. The van der Waals surface area contributed by atoms with Crippen molar-refractivity contribution in [3.63, 3.8) is 0 Å². The van der Waals surface area contributed by atoms with E-state index in [1.165, 1.54) is 22.3 Å². The Bertz CT molecular complexity index is 945. The number of rotatable bonds is 13. The highest BCUT2D eigenvalue weighted by atomic mass is 16.5. The Morgan fingerprint density at radius 2 is 1.50 bits per heavy atom. The lowest BCUT2D eigenvalue weighted by Crippen LogP contribution is -2.28. The second-order valence-electron chi connectivity index (χ2n) is 8.73. The van der Waals surface area contributed by atoms with Gasteiger partial charge in [-0.05, 0) is 47.9 Å². The van der Waals surface area contributed by atoms with E-state index in [1.54, 1.807) is 11.9 Å². The summed E-state index contributed by atoms with van der Waals surface area (Å²) in [7, 11) is 1.75. The first kappa shape index (κ1) is 25.3. The maximum Gasteiger partial charge on any atom is 0.407 e. The molecule has 0 spiro atoms. The number of ether oxygens (including phenoxy) is 1. The second kappa shape index (κ2) is 12.8. The molecule has 2 aromatic carbocycles. The number of hydrogen-bond donors (Lipinski definition) is 2. The van der Waals surface area contributed by atoms with Crippen molar-refractivity contribution in [2.75, 3.05) is 26.7 Å². The molecule has 0 aromatic heterocycles. The van der Waals surface area contributed by atoms with Gasteiger partial charge in [-0.3, -0.25) is 9.59 Å². The lowest BCUT2D eigenvalue weighted by Gasteiger charge is -2.17. The van der Waals surface area contributed by atoms with Crippen molar-refractivity contribution < 1.29 is 24.2 Å². The van der Waals surface area contributed by atoms with Crippen LogP contribution in [0.2, 0.25) is 0 Å². The van der Waals surface area contributed by atoms with Crippen LogP contribution in [0.15, 0.2) is 48.5 Å². The maximum atomic E-state index is 12.2. The summed E-state index contributed by atoms with van der Waals surface area (Å²) in [5, 5.41) is 11.4. The average Bonchev–Trinajstić information content (AvgIpc) is 3.16. The number of fused-ring (bicyclic) bond motifs is 3. The Morgan fingerprint density at radius 1 is 0.882 bits per heavy atom. The molecular weight excluding hydrogens is 432 g/mol. The lowest BCUT2D eigenvalue weighted by atomic mass is 9.98. The zero-order valence-electron chi connectivity index (χ0n) is 19.8. The quantitative estimate of drug-likeness (QED) is 0.414. The molecule has 2 N–H and O–H groups in total. The van der Waals surface area contributed by atoms with Crippen LogP contribution in [0, 0.1) is 0 Å². The minimum Gasteiger partial charge on any atom is -0.481 e.